The van der Waals surface area contributed by atoms with E-state index >= 15 is 0 Å². The van der Waals surface area contributed by atoms with Gasteiger partial charge in [0.15, 0.2) is 5.65 Å². The molecule has 0 aliphatic carbocycles. The quantitative estimate of drug-likeness (QED) is 0.372. The number of carbonyl (C=O) groups is 1. The third kappa shape index (κ3) is 4.10. The summed E-state index contributed by atoms with van der Waals surface area (Å²) < 4.78 is 1.82. The lowest BCUT2D eigenvalue weighted by Crippen LogP contribution is -2.33. The lowest BCUT2D eigenvalue weighted by molar-refractivity contribution is 0.0941. The fraction of sp³-hybridized carbons (Fsp3) is 0.179. The summed E-state index contributed by atoms with van der Waals surface area (Å²) >= 11 is 0. The summed E-state index contributed by atoms with van der Waals surface area (Å²) in [5.74, 6) is 0.0976. The van der Waals surface area contributed by atoms with Gasteiger partial charge in [0.1, 0.15) is 16.9 Å². The Morgan fingerprint density at radius 1 is 0.941 bits per heavy atom. The van der Waals surface area contributed by atoms with E-state index in [0.717, 1.165) is 35.1 Å². The molecule has 2 aromatic heterocycles. The maximum Gasteiger partial charge on any atom is 0.257 e. The number of anilines is 1. The van der Waals surface area contributed by atoms with Crippen molar-refractivity contribution in [1.29, 1.82) is 0 Å². The summed E-state index contributed by atoms with van der Waals surface area (Å²) in [4.78, 5) is 23.1. The number of nitrogens with one attached hydrogen (secondary N) is 1. The van der Waals surface area contributed by atoms with Crippen LogP contribution in [0.2, 0.25) is 0 Å². The van der Waals surface area contributed by atoms with Crippen LogP contribution in [0, 0.1) is 6.92 Å². The second-order valence-corrected chi connectivity index (χ2v) is 8.71. The number of nitrogens with two attached hydrogens (primary N) is 1. The molecule has 34 heavy (non-hydrogen) atoms. The Morgan fingerprint density at radius 3 is 2.29 bits per heavy atom. The van der Waals surface area contributed by atoms with Crippen LogP contribution in [0.5, 0.6) is 0 Å². The van der Waals surface area contributed by atoms with Crippen LogP contribution in [0.15, 0.2) is 78.9 Å². The Labute approximate surface area is 198 Å². The molecule has 2 heterocycles. The van der Waals surface area contributed by atoms with Gasteiger partial charge in [0, 0.05) is 11.7 Å². The predicted octanol–water partition coefficient (Wildman–Crippen LogP) is 5.22. The van der Waals surface area contributed by atoms with Crippen molar-refractivity contribution in [2.75, 3.05) is 5.73 Å². The minimum atomic E-state index is -0.237. The highest BCUT2D eigenvalue weighted by molar-refractivity contribution is 6.11. The number of carbonyl (C=O) groups excluding carboxylic acids is 1. The van der Waals surface area contributed by atoms with Crippen molar-refractivity contribution >= 4 is 33.9 Å². The smallest absolute Gasteiger partial charge is 0.257 e. The zero-order valence-corrected chi connectivity index (χ0v) is 19.3. The van der Waals surface area contributed by atoms with E-state index in [2.05, 4.69) is 17.4 Å². The Kier molecular flexibility index (Phi) is 5.72. The maximum atomic E-state index is 13.5. The van der Waals surface area contributed by atoms with E-state index in [4.69, 9.17) is 15.7 Å². The van der Waals surface area contributed by atoms with Gasteiger partial charge in [-0.15, -0.1) is 0 Å². The summed E-state index contributed by atoms with van der Waals surface area (Å²) in [6.07, 6.45) is 1.70. The fourth-order valence-corrected chi connectivity index (χ4v) is 4.24. The molecule has 0 aliphatic heterocycles. The molecular formula is C28H27N5O. The van der Waals surface area contributed by atoms with Crippen LogP contribution in [-0.2, 0) is 6.42 Å². The number of amides is 1. The zero-order chi connectivity index (χ0) is 23.7. The molecule has 0 fully saturated rings. The molecule has 1 atom stereocenters. The molecule has 5 rings (SSSR count). The van der Waals surface area contributed by atoms with E-state index in [1.807, 2.05) is 85.1 Å². The summed E-state index contributed by atoms with van der Waals surface area (Å²) in [7, 11) is 0. The van der Waals surface area contributed by atoms with Crippen LogP contribution in [0.1, 0.15) is 34.8 Å². The van der Waals surface area contributed by atoms with Crippen LogP contribution in [0.25, 0.3) is 27.9 Å². The molecule has 3 aromatic carbocycles. The Bertz CT molecular complexity index is 1470. The number of benzene rings is 3. The minimum absolute atomic E-state index is 0.0294. The van der Waals surface area contributed by atoms with Crippen molar-refractivity contribution in [3.8, 4) is 5.69 Å². The topological polar surface area (TPSA) is 85.8 Å². The highest BCUT2D eigenvalue weighted by atomic mass is 16.1. The van der Waals surface area contributed by atoms with Crippen molar-refractivity contribution in [3.63, 3.8) is 0 Å². The van der Waals surface area contributed by atoms with Crippen LogP contribution < -0.4 is 11.1 Å². The molecule has 0 spiro atoms. The SMILES string of the molecule is Cc1ccc(-n2c(N)c(C(=O)N[C@@H](C)CCc3ccccc3)c3nc4ccccc4nc32)cc1. The molecule has 0 radical (unpaired) electrons. The predicted molar refractivity (Wildman–Crippen MR) is 137 cm³/mol. The first-order chi connectivity index (χ1) is 16.5. The van der Waals surface area contributed by atoms with Gasteiger partial charge in [-0.1, -0.05) is 60.2 Å². The molecule has 5 aromatic rings. The number of nitrogens with zero attached hydrogens (tertiary/aromatic N) is 3. The van der Waals surface area contributed by atoms with Gasteiger partial charge in [-0.3, -0.25) is 9.36 Å². The molecule has 1 amide bonds. The van der Waals surface area contributed by atoms with Gasteiger partial charge in [-0.2, -0.15) is 0 Å². The van der Waals surface area contributed by atoms with E-state index in [-0.39, 0.29) is 11.9 Å². The number of hydrogen-bond donors (Lipinski definition) is 2. The summed E-state index contributed by atoms with van der Waals surface area (Å²) in [5.41, 5.74) is 12.8. The maximum absolute atomic E-state index is 13.5. The normalized spacial score (nSPS) is 12.2. The van der Waals surface area contributed by atoms with E-state index in [0.29, 0.717) is 22.5 Å². The molecule has 0 saturated heterocycles. The van der Waals surface area contributed by atoms with Gasteiger partial charge in [0.25, 0.3) is 5.91 Å². The van der Waals surface area contributed by atoms with Crippen LogP contribution >= 0.6 is 0 Å². The molecule has 6 heteroatoms. The van der Waals surface area contributed by atoms with Crippen molar-refractivity contribution in [2.45, 2.75) is 32.7 Å². The number of rotatable bonds is 6. The van der Waals surface area contributed by atoms with E-state index < -0.39 is 0 Å². The van der Waals surface area contributed by atoms with Gasteiger partial charge in [0.05, 0.1) is 11.0 Å². The minimum Gasteiger partial charge on any atom is -0.384 e. The van der Waals surface area contributed by atoms with Crippen LogP contribution in [-0.4, -0.2) is 26.5 Å². The van der Waals surface area contributed by atoms with Crippen LogP contribution in [0.3, 0.4) is 0 Å². The summed E-state index contributed by atoms with van der Waals surface area (Å²) in [6.45, 7) is 4.04. The van der Waals surface area contributed by atoms with Gasteiger partial charge in [-0.05, 0) is 56.5 Å². The molecule has 0 bridgehead atoms. The number of nitrogen functional groups attached to an aromatic ring is 1. The second-order valence-electron chi connectivity index (χ2n) is 8.71. The van der Waals surface area contributed by atoms with Gasteiger partial charge < -0.3 is 11.1 Å². The number of hydrogen-bond acceptors (Lipinski definition) is 4. The third-order valence-corrected chi connectivity index (χ3v) is 6.10. The van der Waals surface area contributed by atoms with Crippen molar-refractivity contribution < 1.29 is 4.79 Å². The average molecular weight is 450 g/mol. The van der Waals surface area contributed by atoms with Crippen LogP contribution in [0.4, 0.5) is 5.82 Å². The monoisotopic (exact) mass is 449 g/mol. The van der Waals surface area contributed by atoms with E-state index in [1.165, 1.54) is 5.56 Å². The summed E-state index contributed by atoms with van der Waals surface area (Å²) in [6, 6.07) is 25.9. The second kappa shape index (κ2) is 8.98. The highest BCUT2D eigenvalue weighted by Gasteiger charge is 2.25. The molecule has 3 N–H and O–H groups in total. The third-order valence-electron chi connectivity index (χ3n) is 6.10. The number of fused-ring (bicyclic) bond motifs is 2. The lowest BCUT2D eigenvalue weighted by Gasteiger charge is -2.14. The first-order valence-electron chi connectivity index (χ1n) is 11.5. The lowest BCUT2D eigenvalue weighted by atomic mass is 10.1. The van der Waals surface area contributed by atoms with Gasteiger partial charge in [0.2, 0.25) is 0 Å². The van der Waals surface area contributed by atoms with E-state index in [9.17, 15) is 4.79 Å². The highest BCUT2D eigenvalue weighted by Crippen LogP contribution is 2.31. The molecule has 0 unspecified atom stereocenters. The number of aromatic nitrogens is 3. The first kappa shape index (κ1) is 21.6. The van der Waals surface area contributed by atoms with E-state index in [1.54, 1.807) is 0 Å². The van der Waals surface area contributed by atoms with Gasteiger partial charge in [-0.25, -0.2) is 9.97 Å². The molecule has 6 nitrogen and oxygen atoms in total. The van der Waals surface area contributed by atoms with Crippen molar-refractivity contribution in [3.05, 3.63) is 95.6 Å². The summed E-state index contributed by atoms with van der Waals surface area (Å²) in [5, 5.41) is 3.12. The van der Waals surface area contributed by atoms with Crippen molar-refractivity contribution in [2.24, 2.45) is 0 Å². The number of para-hydroxylation sites is 2. The Morgan fingerprint density at radius 2 is 1.59 bits per heavy atom. The van der Waals surface area contributed by atoms with Gasteiger partial charge >= 0.3 is 0 Å². The zero-order valence-electron chi connectivity index (χ0n) is 19.3. The first-order valence-corrected chi connectivity index (χ1v) is 11.5. The standard InChI is InChI=1S/C28H27N5O/c1-18-12-16-21(17-13-18)33-26(29)24(25-27(33)32-23-11-7-6-10-22(23)31-25)28(34)30-19(2)14-15-20-8-4-3-5-9-20/h3-13,16-17,19H,14-15,29H2,1-2H3,(H,30,34)/t19-/m0/s1. The Balaban J connectivity index is 1.54. The molecule has 170 valence electrons. The Hall–Kier alpha value is -4.19. The van der Waals surface area contributed by atoms with Crippen molar-refractivity contribution in [1.82, 2.24) is 19.9 Å². The fourth-order valence-electron chi connectivity index (χ4n) is 4.24. The average Bonchev–Trinajstić information content (AvgIpc) is 3.13. The number of aryl methyl sites for hydroxylation is 2. The molecular weight excluding hydrogens is 422 g/mol. The molecule has 0 aliphatic rings. The molecule has 0 saturated carbocycles. The largest absolute Gasteiger partial charge is 0.384 e.